The van der Waals surface area contributed by atoms with Crippen LogP contribution in [0.25, 0.3) is 0 Å². The van der Waals surface area contributed by atoms with Crippen LogP contribution >= 0.6 is 0 Å². The second kappa shape index (κ2) is 6.23. The van der Waals surface area contributed by atoms with E-state index in [9.17, 15) is 8.42 Å². The van der Waals surface area contributed by atoms with Crippen LogP contribution in [0.2, 0.25) is 0 Å². The molecule has 1 aromatic carbocycles. The zero-order valence-corrected chi connectivity index (χ0v) is 11.2. The average Bonchev–Trinajstić information content (AvgIpc) is 2.91. The van der Waals surface area contributed by atoms with Gasteiger partial charge in [0, 0.05) is 12.0 Å². The predicted molar refractivity (Wildman–Crippen MR) is 72.3 cm³/mol. The SMILES string of the molecule is O=S(=O)(Nc1cnoc1)c1ccccc1C#CCCO. The number of anilines is 1. The van der Waals surface area contributed by atoms with Crippen molar-refractivity contribution >= 4 is 15.7 Å². The third-order valence-corrected chi connectivity index (χ3v) is 3.76. The molecule has 104 valence electrons. The van der Waals surface area contributed by atoms with Crippen molar-refractivity contribution in [3.8, 4) is 11.8 Å². The van der Waals surface area contributed by atoms with Crippen molar-refractivity contribution in [2.75, 3.05) is 11.3 Å². The Kier molecular flexibility index (Phi) is 4.40. The van der Waals surface area contributed by atoms with Crippen LogP contribution in [0.1, 0.15) is 12.0 Å². The van der Waals surface area contributed by atoms with Gasteiger partial charge >= 0.3 is 0 Å². The summed E-state index contributed by atoms with van der Waals surface area (Å²) in [5, 5.41) is 12.1. The Morgan fingerprint density at radius 3 is 2.85 bits per heavy atom. The lowest BCUT2D eigenvalue weighted by Crippen LogP contribution is -2.13. The molecule has 2 aromatic rings. The summed E-state index contributed by atoms with van der Waals surface area (Å²) in [6.07, 6.45) is 2.74. The smallest absolute Gasteiger partial charge is 0.263 e. The monoisotopic (exact) mass is 292 g/mol. The van der Waals surface area contributed by atoms with Gasteiger partial charge in [0.1, 0.15) is 16.8 Å². The van der Waals surface area contributed by atoms with Gasteiger partial charge in [0.15, 0.2) is 0 Å². The molecule has 0 aliphatic carbocycles. The Hall–Kier alpha value is -2.30. The summed E-state index contributed by atoms with van der Waals surface area (Å²) in [7, 11) is -3.77. The molecule has 6 nitrogen and oxygen atoms in total. The highest BCUT2D eigenvalue weighted by Crippen LogP contribution is 2.18. The van der Waals surface area contributed by atoms with E-state index in [2.05, 4.69) is 26.2 Å². The molecule has 2 rings (SSSR count). The van der Waals surface area contributed by atoms with E-state index in [0.717, 1.165) is 0 Å². The van der Waals surface area contributed by atoms with Gasteiger partial charge in [0.25, 0.3) is 10.0 Å². The van der Waals surface area contributed by atoms with Crippen molar-refractivity contribution in [3.05, 3.63) is 42.3 Å². The van der Waals surface area contributed by atoms with E-state index in [0.29, 0.717) is 5.56 Å². The second-order valence-corrected chi connectivity index (χ2v) is 5.44. The third kappa shape index (κ3) is 3.38. The predicted octanol–water partition coefficient (Wildman–Crippen LogP) is 1.21. The van der Waals surface area contributed by atoms with Crippen LogP contribution in [0.4, 0.5) is 5.69 Å². The summed E-state index contributed by atoms with van der Waals surface area (Å²) in [5.41, 5.74) is 0.605. The second-order valence-electron chi connectivity index (χ2n) is 3.79. The Labute approximate surface area is 116 Å². The highest BCUT2D eigenvalue weighted by atomic mass is 32.2. The highest BCUT2D eigenvalue weighted by Gasteiger charge is 2.18. The first kappa shape index (κ1) is 14.1. The minimum Gasteiger partial charge on any atom is -0.395 e. The van der Waals surface area contributed by atoms with Gasteiger partial charge in [-0.05, 0) is 12.1 Å². The topological polar surface area (TPSA) is 92.4 Å². The van der Waals surface area contributed by atoms with E-state index in [-0.39, 0.29) is 23.6 Å². The molecule has 0 aliphatic heterocycles. The van der Waals surface area contributed by atoms with Crippen molar-refractivity contribution in [3.63, 3.8) is 0 Å². The molecule has 0 saturated carbocycles. The molecule has 0 saturated heterocycles. The van der Waals surface area contributed by atoms with E-state index < -0.39 is 10.0 Å². The number of rotatable bonds is 4. The minimum absolute atomic E-state index is 0.0617. The molecule has 1 heterocycles. The molecule has 0 atom stereocenters. The zero-order valence-electron chi connectivity index (χ0n) is 10.4. The van der Waals surface area contributed by atoms with Gasteiger partial charge in [0.05, 0.1) is 12.8 Å². The number of nitrogens with zero attached hydrogens (tertiary/aromatic N) is 1. The van der Waals surface area contributed by atoms with Crippen LogP contribution in [-0.2, 0) is 10.0 Å². The first-order valence-corrected chi connectivity index (χ1v) is 7.23. The summed E-state index contributed by atoms with van der Waals surface area (Å²) >= 11 is 0. The maximum Gasteiger partial charge on any atom is 0.263 e. The molecular weight excluding hydrogens is 280 g/mol. The van der Waals surface area contributed by atoms with Crippen molar-refractivity contribution in [2.24, 2.45) is 0 Å². The molecule has 0 aliphatic rings. The normalized spacial score (nSPS) is 10.7. The van der Waals surface area contributed by atoms with Crippen molar-refractivity contribution in [2.45, 2.75) is 11.3 Å². The van der Waals surface area contributed by atoms with Gasteiger partial charge in [-0.2, -0.15) is 0 Å². The Morgan fingerprint density at radius 2 is 2.15 bits per heavy atom. The zero-order chi connectivity index (χ0) is 14.4. The summed E-state index contributed by atoms with van der Waals surface area (Å²) in [4.78, 5) is 0.0617. The largest absolute Gasteiger partial charge is 0.395 e. The number of hydrogen-bond donors (Lipinski definition) is 2. The fraction of sp³-hybridized carbons (Fsp3) is 0.154. The van der Waals surface area contributed by atoms with Gasteiger partial charge in [-0.1, -0.05) is 29.1 Å². The van der Waals surface area contributed by atoms with E-state index >= 15 is 0 Å². The first-order valence-electron chi connectivity index (χ1n) is 5.74. The fourth-order valence-electron chi connectivity index (χ4n) is 1.48. The minimum atomic E-state index is -3.77. The van der Waals surface area contributed by atoms with Crippen molar-refractivity contribution in [1.29, 1.82) is 0 Å². The summed E-state index contributed by atoms with van der Waals surface area (Å²) in [5.74, 6) is 5.43. The molecular formula is C13H12N2O4S. The lowest BCUT2D eigenvalue weighted by Gasteiger charge is -2.07. The van der Waals surface area contributed by atoms with Gasteiger partial charge in [-0.15, -0.1) is 0 Å². The highest BCUT2D eigenvalue weighted by molar-refractivity contribution is 7.92. The molecule has 1 aromatic heterocycles. The number of aromatic nitrogens is 1. The number of aliphatic hydroxyl groups is 1. The van der Waals surface area contributed by atoms with E-state index in [1.807, 2.05) is 0 Å². The molecule has 0 radical (unpaired) electrons. The lowest BCUT2D eigenvalue weighted by molar-refractivity contribution is 0.305. The Morgan fingerprint density at radius 1 is 1.35 bits per heavy atom. The fourth-order valence-corrected chi connectivity index (χ4v) is 2.67. The van der Waals surface area contributed by atoms with Crippen LogP contribution in [0.15, 0.2) is 46.1 Å². The molecule has 0 fully saturated rings. The molecule has 0 unspecified atom stereocenters. The van der Waals surface area contributed by atoms with Gasteiger partial charge in [-0.25, -0.2) is 8.42 Å². The van der Waals surface area contributed by atoms with Crippen molar-refractivity contribution < 1.29 is 18.0 Å². The molecule has 7 heteroatoms. The number of nitrogens with one attached hydrogen (secondary N) is 1. The maximum atomic E-state index is 12.3. The molecule has 20 heavy (non-hydrogen) atoms. The molecule has 0 amide bonds. The van der Waals surface area contributed by atoms with E-state index in [4.69, 9.17) is 5.11 Å². The van der Waals surface area contributed by atoms with Crippen molar-refractivity contribution in [1.82, 2.24) is 5.16 Å². The number of aliphatic hydroxyl groups excluding tert-OH is 1. The van der Waals surface area contributed by atoms with Gasteiger partial charge in [-0.3, -0.25) is 4.72 Å². The molecule has 2 N–H and O–H groups in total. The number of benzene rings is 1. The van der Waals surface area contributed by atoms with Crippen LogP contribution in [0.3, 0.4) is 0 Å². The quantitative estimate of drug-likeness (QED) is 0.826. The average molecular weight is 292 g/mol. The Balaban J connectivity index is 2.35. The molecule has 0 spiro atoms. The lowest BCUT2D eigenvalue weighted by atomic mass is 10.2. The summed E-state index contributed by atoms with van der Waals surface area (Å²) in [6.45, 7) is -0.0686. The van der Waals surface area contributed by atoms with E-state index in [1.165, 1.54) is 18.5 Å². The summed E-state index contributed by atoms with van der Waals surface area (Å²) in [6, 6.07) is 6.37. The van der Waals surface area contributed by atoms with E-state index in [1.54, 1.807) is 18.2 Å². The number of sulfonamides is 1. The van der Waals surface area contributed by atoms with Crippen LogP contribution in [0.5, 0.6) is 0 Å². The summed E-state index contributed by atoms with van der Waals surface area (Å²) < 4.78 is 31.4. The first-order chi connectivity index (χ1) is 9.63. The standard InChI is InChI=1S/C13H12N2O4S/c16-8-4-3-6-11-5-1-2-7-13(11)20(17,18)15-12-9-14-19-10-12/h1-2,5,7,9-10,15-16H,4,8H2. The van der Waals surface area contributed by atoms with Gasteiger partial charge in [0.2, 0.25) is 0 Å². The van der Waals surface area contributed by atoms with Crippen LogP contribution in [-0.4, -0.2) is 25.3 Å². The Bertz CT molecular complexity index is 727. The maximum absolute atomic E-state index is 12.3. The third-order valence-electron chi connectivity index (χ3n) is 2.32. The molecule has 0 bridgehead atoms. The number of hydrogen-bond acceptors (Lipinski definition) is 5. The van der Waals surface area contributed by atoms with Crippen LogP contribution in [0, 0.1) is 11.8 Å². The van der Waals surface area contributed by atoms with Crippen LogP contribution < -0.4 is 4.72 Å². The van der Waals surface area contributed by atoms with Gasteiger partial charge < -0.3 is 9.63 Å².